The molecule has 1 aliphatic carbocycles. The van der Waals surface area contributed by atoms with E-state index in [4.69, 9.17) is 0 Å². The first-order valence-corrected chi connectivity index (χ1v) is 9.70. The van der Waals surface area contributed by atoms with Crippen molar-refractivity contribution < 1.29 is 9.90 Å². The van der Waals surface area contributed by atoms with Crippen LogP contribution in [0.3, 0.4) is 0 Å². The summed E-state index contributed by atoms with van der Waals surface area (Å²) in [5, 5.41) is 10.1. The molecule has 0 bridgehead atoms. The molecule has 1 N–H and O–H groups in total. The van der Waals surface area contributed by atoms with Crippen LogP contribution in [0.4, 0.5) is 5.69 Å². The van der Waals surface area contributed by atoms with Crippen molar-refractivity contribution in [2.75, 3.05) is 36.8 Å². The summed E-state index contributed by atoms with van der Waals surface area (Å²) in [5.41, 5.74) is 1.12. The number of hydrogen-bond acceptors (Lipinski definition) is 4. The fraction of sp³-hybridized carbons (Fsp3) is 0.611. The minimum absolute atomic E-state index is 0.294. The minimum Gasteiger partial charge on any atom is -0.508 e. The SMILES string of the molecule is O=C(CSC1CCCCC1)N1CCN(c2ccc(O)cc2)CC1. The molecular weight excluding hydrogens is 308 g/mol. The number of benzene rings is 1. The Hall–Kier alpha value is -1.36. The van der Waals surface area contributed by atoms with Gasteiger partial charge in [-0.1, -0.05) is 19.3 Å². The van der Waals surface area contributed by atoms with Gasteiger partial charge in [-0.3, -0.25) is 4.79 Å². The average Bonchev–Trinajstić information content (AvgIpc) is 2.61. The number of phenolic OH excluding ortho intramolecular Hbond substituents is 1. The van der Waals surface area contributed by atoms with E-state index in [0.29, 0.717) is 22.7 Å². The maximum absolute atomic E-state index is 12.4. The van der Waals surface area contributed by atoms with Gasteiger partial charge in [0, 0.05) is 37.1 Å². The van der Waals surface area contributed by atoms with E-state index in [9.17, 15) is 9.90 Å². The van der Waals surface area contributed by atoms with Gasteiger partial charge in [0.1, 0.15) is 5.75 Å². The molecule has 1 heterocycles. The molecule has 2 fully saturated rings. The second-order valence-electron chi connectivity index (χ2n) is 6.46. The van der Waals surface area contributed by atoms with Crippen LogP contribution >= 0.6 is 11.8 Å². The molecule has 0 aromatic heterocycles. The van der Waals surface area contributed by atoms with Crippen LogP contribution in [0.2, 0.25) is 0 Å². The fourth-order valence-corrected chi connectivity index (χ4v) is 4.62. The van der Waals surface area contributed by atoms with Crippen molar-refractivity contribution in [1.29, 1.82) is 0 Å². The van der Waals surface area contributed by atoms with Crippen LogP contribution in [0, 0.1) is 0 Å². The zero-order chi connectivity index (χ0) is 16.1. The monoisotopic (exact) mass is 334 g/mol. The molecule has 1 aromatic rings. The summed E-state index contributed by atoms with van der Waals surface area (Å²) < 4.78 is 0. The first-order chi connectivity index (χ1) is 11.2. The van der Waals surface area contributed by atoms with Gasteiger partial charge in [-0.05, 0) is 37.1 Å². The van der Waals surface area contributed by atoms with E-state index in [0.717, 1.165) is 31.9 Å². The predicted molar refractivity (Wildman–Crippen MR) is 96.2 cm³/mol. The Balaban J connectivity index is 1.42. The number of anilines is 1. The van der Waals surface area contributed by atoms with Crippen LogP contribution in [-0.2, 0) is 4.79 Å². The number of rotatable bonds is 4. The third-order valence-corrected chi connectivity index (χ3v) is 6.20. The van der Waals surface area contributed by atoms with Gasteiger partial charge in [-0.2, -0.15) is 0 Å². The van der Waals surface area contributed by atoms with E-state index in [1.165, 1.54) is 32.1 Å². The van der Waals surface area contributed by atoms with Crippen LogP contribution < -0.4 is 4.90 Å². The number of carbonyl (C=O) groups excluding carboxylic acids is 1. The summed E-state index contributed by atoms with van der Waals surface area (Å²) in [4.78, 5) is 16.7. The largest absolute Gasteiger partial charge is 0.508 e. The number of thioether (sulfide) groups is 1. The van der Waals surface area contributed by atoms with Gasteiger partial charge in [0.05, 0.1) is 5.75 Å². The van der Waals surface area contributed by atoms with Crippen LogP contribution in [0.15, 0.2) is 24.3 Å². The van der Waals surface area contributed by atoms with Crippen molar-refractivity contribution >= 4 is 23.4 Å². The lowest BCUT2D eigenvalue weighted by Crippen LogP contribution is -2.49. The fourth-order valence-electron chi connectivity index (χ4n) is 3.39. The summed E-state index contributed by atoms with van der Waals surface area (Å²) >= 11 is 1.87. The molecule has 5 heteroatoms. The Kier molecular flexibility index (Phi) is 5.70. The van der Waals surface area contributed by atoms with Crippen molar-refractivity contribution in [3.63, 3.8) is 0 Å². The first kappa shape index (κ1) is 16.5. The molecule has 2 aliphatic rings. The Morgan fingerprint density at radius 1 is 1.04 bits per heavy atom. The van der Waals surface area contributed by atoms with Gasteiger partial charge in [-0.15, -0.1) is 11.8 Å². The molecule has 126 valence electrons. The predicted octanol–water partition coefficient (Wildman–Crippen LogP) is 3.11. The summed E-state index contributed by atoms with van der Waals surface area (Å²) in [5.74, 6) is 1.23. The highest BCUT2D eigenvalue weighted by Gasteiger charge is 2.22. The van der Waals surface area contributed by atoms with Gasteiger partial charge < -0.3 is 14.9 Å². The molecule has 1 aromatic carbocycles. The lowest BCUT2D eigenvalue weighted by Gasteiger charge is -2.36. The van der Waals surface area contributed by atoms with Gasteiger partial charge in [0.15, 0.2) is 0 Å². The van der Waals surface area contributed by atoms with Gasteiger partial charge in [0.2, 0.25) is 5.91 Å². The summed E-state index contributed by atoms with van der Waals surface area (Å²) in [7, 11) is 0. The number of hydrogen-bond donors (Lipinski definition) is 1. The van der Waals surface area contributed by atoms with Crippen LogP contribution in [0.25, 0.3) is 0 Å². The molecule has 0 atom stereocenters. The molecule has 4 nitrogen and oxygen atoms in total. The molecule has 0 spiro atoms. The zero-order valence-electron chi connectivity index (χ0n) is 13.6. The maximum atomic E-state index is 12.4. The number of carbonyl (C=O) groups is 1. The van der Waals surface area contributed by atoms with E-state index < -0.39 is 0 Å². The molecule has 23 heavy (non-hydrogen) atoms. The Labute approximate surface area is 142 Å². The Bertz CT molecular complexity index is 506. The maximum Gasteiger partial charge on any atom is 0.232 e. The molecule has 0 radical (unpaired) electrons. The van der Waals surface area contributed by atoms with Crippen molar-refractivity contribution in [3.05, 3.63) is 24.3 Å². The molecule has 1 amide bonds. The Morgan fingerprint density at radius 2 is 1.70 bits per heavy atom. The summed E-state index contributed by atoms with van der Waals surface area (Å²) in [6.07, 6.45) is 6.59. The third-order valence-electron chi connectivity index (χ3n) is 4.84. The topological polar surface area (TPSA) is 43.8 Å². The Morgan fingerprint density at radius 3 is 2.35 bits per heavy atom. The van der Waals surface area contributed by atoms with Gasteiger partial charge >= 0.3 is 0 Å². The van der Waals surface area contributed by atoms with Crippen molar-refractivity contribution in [2.45, 2.75) is 37.4 Å². The van der Waals surface area contributed by atoms with Crippen molar-refractivity contribution in [1.82, 2.24) is 4.90 Å². The average molecular weight is 334 g/mol. The normalized spacial score (nSPS) is 19.8. The van der Waals surface area contributed by atoms with E-state index in [-0.39, 0.29) is 0 Å². The molecule has 1 saturated carbocycles. The molecule has 3 rings (SSSR count). The highest BCUT2D eigenvalue weighted by molar-refractivity contribution is 8.00. The van der Waals surface area contributed by atoms with Crippen molar-refractivity contribution in [3.8, 4) is 5.75 Å². The number of aromatic hydroxyl groups is 1. The van der Waals surface area contributed by atoms with Crippen LogP contribution in [0.5, 0.6) is 5.75 Å². The number of nitrogens with zero attached hydrogens (tertiary/aromatic N) is 2. The number of amides is 1. The second-order valence-corrected chi connectivity index (χ2v) is 7.74. The molecule has 1 saturated heterocycles. The standard InChI is InChI=1S/C18H26N2O2S/c21-16-8-6-15(7-9-16)19-10-12-20(13-11-19)18(22)14-23-17-4-2-1-3-5-17/h6-9,17,21H,1-5,10-14H2. The smallest absolute Gasteiger partial charge is 0.232 e. The first-order valence-electron chi connectivity index (χ1n) is 8.66. The van der Waals surface area contributed by atoms with Gasteiger partial charge in [-0.25, -0.2) is 0 Å². The number of piperazine rings is 1. The summed E-state index contributed by atoms with van der Waals surface area (Å²) in [6, 6.07) is 7.30. The van der Waals surface area contributed by atoms with E-state index in [1.807, 2.05) is 28.8 Å². The van der Waals surface area contributed by atoms with E-state index in [2.05, 4.69) is 4.90 Å². The molecule has 0 unspecified atom stereocenters. The second kappa shape index (κ2) is 7.95. The highest BCUT2D eigenvalue weighted by atomic mass is 32.2. The quantitative estimate of drug-likeness (QED) is 0.919. The number of phenols is 1. The van der Waals surface area contributed by atoms with Crippen molar-refractivity contribution in [2.24, 2.45) is 0 Å². The molecular formula is C18H26N2O2S. The van der Waals surface area contributed by atoms with Crippen LogP contribution in [0.1, 0.15) is 32.1 Å². The lowest BCUT2D eigenvalue weighted by atomic mass is 10.0. The van der Waals surface area contributed by atoms with Gasteiger partial charge in [0.25, 0.3) is 0 Å². The van der Waals surface area contributed by atoms with E-state index >= 15 is 0 Å². The zero-order valence-corrected chi connectivity index (χ0v) is 14.4. The minimum atomic E-state index is 0.294. The highest BCUT2D eigenvalue weighted by Crippen LogP contribution is 2.28. The van der Waals surface area contributed by atoms with Crippen LogP contribution in [-0.4, -0.2) is 53.1 Å². The lowest BCUT2D eigenvalue weighted by molar-refractivity contribution is -0.128. The van der Waals surface area contributed by atoms with E-state index in [1.54, 1.807) is 12.1 Å². The third kappa shape index (κ3) is 4.56. The molecule has 1 aliphatic heterocycles. The summed E-state index contributed by atoms with van der Waals surface area (Å²) in [6.45, 7) is 3.32.